The lowest BCUT2D eigenvalue weighted by atomic mass is 9.97. The van der Waals surface area contributed by atoms with Gasteiger partial charge in [0.1, 0.15) is 17.9 Å². The Morgan fingerprint density at radius 1 is 1.26 bits per heavy atom. The zero-order valence-electron chi connectivity index (χ0n) is 23.7. The second kappa shape index (κ2) is 10.4. The van der Waals surface area contributed by atoms with Gasteiger partial charge in [0.25, 0.3) is 5.91 Å². The van der Waals surface area contributed by atoms with Crippen molar-refractivity contribution < 1.29 is 9.53 Å². The molecule has 2 aromatic rings. The van der Waals surface area contributed by atoms with Crippen molar-refractivity contribution in [1.29, 1.82) is 0 Å². The van der Waals surface area contributed by atoms with Crippen LogP contribution in [0.25, 0.3) is 0 Å². The normalized spacial score (nSPS) is 24.3. The van der Waals surface area contributed by atoms with Crippen molar-refractivity contribution in [2.75, 3.05) is 23.1 Å². The molecule has 1 amide bonds. The summed E-state index contributed by atoms with van der Waals surface area (Å²) in [7, 11) is 1.88. The van der Waals surface area contributed by atoms with Crippen molar-refractivity contribution >= 4 is 29.5 Å². The second-order valence-electron chi connectivity index (χ2n) is 12.5. The van der Waals surface area contributed by atoms with Gasteiger partial charge in [-0.25, -0.2) is 4.98 Å². The molecular weight excluding hydrogens is 510 g/mol. The fourth-order valence-electron chi connectivity index (χ4n) is 6.29. The minimum absolute atomic E-state index is 0.103. The van der Waals surface area contributed by atoms with Crippen LogP contribution in [0.15, 0.2) is 35.5 Å². The van der Waals surface area contributed by atoms with Gasteiger partial charge in [-0.15, -0.1) is 0 Å². The highest BCUT2D eigenvalue weighted by molar-refractivity contribution is 7.98. The van der Waals surface area contributed by atoms with E-state index in [2.05, 4.69) is 40.9 Å². The quantitative estimate of drug-likeness (QED) is 0.407. The molecule has 39 heavy (non-hydrogen) atoms. The lowest BCUT2D eigenvalue weighted by molar-refractivity contribution is 0.0314. The molecule has 1 saturated heterocycles. The molecule has 2 aliphatic carbocycles. The van der Waals surface area contributed by atoms with E-state index in [0.717, 1.165) is 47.8 Å². The molecule has 210 valence electrons. The van der Waals surface area contributed by atoms with Crippen molar-refractivity contribution in [3.63, 3.8) is 0 Å². The van der Waals surface area contributed by atoms with Crippen LogP contribution in [0.1, 0.15) is 68.9 Å². The van der Waals surface area contributed by atoms with Crippen LogP contribution in [0, 0.1) is 30.6 Å². The van der Waals surface area contributed by atoms with Crippen LogP contribution in [0.5, 0.6) is 0 Å². The minimum atomic E-state index is -0.166. The Morgan fingerprint density at radius 3 is 2.62 bits per heavy atom. The molecule has 0 spiro atoms. The first kappa shape index (κ1) is 26.7. The zero-order valence-corrected chi connectivity index (χ0v) is 24.5. The van der Waals surface area contributed by atoms with Gasteiger partial charge in [-0.2, -0.15) is 10.5 Å². The molecule has 6 rings (SSSR count). The number of carbonyl (C=O) groups excluding carboxylic acids is 1. The van der Waals surface area contributed by atoms with Gasteiger partial charge in [-0.3, -0.25) is 19.2 Å². The van der Waals surface area contributed by atoms with E-state index in [-0.39, 0.29) is 17.7 Å². The van der Waals surface area contributed by atoms with E-state index in [1.54, 1.807) is 4.68 Å². The topological polar surface area (TPSA) is 87.5 Å². The van der Waals surface area contributed by atoms with Gasteiger partial charge in [-0.05, 0) is 107 Å². The fraction of sp³-hybridized carbons (Fsp3) is 0.621. The van der Waals surface area contributed by atoms with Gasteiger partial charge < -0.3 is 9.64 Å². The Morgan fingerprint density at radius 2 is 2.00 bits per heavy atom. The molecule has 9 nitrogen and oxygen atoms in total. The number of hydrogen-bond donors (Lipinski definition) is 2. The lowest BCUT2D eigenvalue weighted by Crippen LogP contribution is -2.41. The third kappa shape index (κ3) is 5.83. The van der Waals surface area contributed by atoms with Gasteiger partial charge in [0.05, 0.1) is 22.8 Å². The summed E-state index contributed by atoms with van der Waals surface area (Å²) in [5.74, 6) is 4.26. The molecule has 0 aromatic carbocycles. The highest BCUT2D eigenvalue weighted by atomic mass is 32.2. The predicted octanol–water partition coefficient (Wildman–Crippen LogP) is 4.80. The van der Waals surface area contributed by atoms with E-state index < -0.39 is 0 Å². The lowest BCUT2D eigenvalue weighted by Gasteiger charge is -2.34. The van der Waals surface area contributed by atoms with Crippen LogP contribution < -0.4 is 20.1 Å². The van der Waals surface area contributed by atoms with Gasteiger partial charge in [0, 0.05) is 31.5 Å². The molecule has 2 aliphatic heterocycles. The maximum Gasteiger partial charge on any atom is 0.265 e. The third-order valence-corrected chi connectivity index (χ3v) is 9.41. The first-order valence-corrected chi connectivity index (χ1v) is 15.1. The number of carbonyl (C=O) groups is 1. The average molecular weight is 552 g/mol. The molecular formula is C29H41N7O2S. The number of nitrogens with zero attached hydrogens (tertiary/aromatic N) is 5. The summed E-state index contributed by atoms with van der Waals surface area (Å²) >= 11 is 1.29. The summed E-state index contributed by atoms with van der Waals surface area (Å²) in [6, 6.07) is 3.80. The monoisotopic (exact) mass is 551 g/mol. The minimum Gasteiger partial charge on any atom is -0.358 e. The number of rotatable bonds is 10. The Kier molecular flexibility index (Phi) is 7.14. The first-order valence-electron chi connectivity index (χ1n) is 14.3. The molecule has 0 radical (unpaired) electrons. The third-order valence-electron chi connectivity index (χ3n) is 8.50. The number of hydrazine groups is 1. The van der Waals surface area contributed by atoms with Crippen molar-refractivity contribution in [2.45, 2.75) is 76.5 Å². The van der Waals surface area contributed by atoms with Crippen molar-refractivity contribution in [3.8, 4) is 0 Å². The maximum atomic E-state index is 13.5. The van der Waals surface area contributed by atoms with E-state index in [1.807, 2.05) is 49.6 Å². The molecule has 3 fully saturated rings. The number of anilines is 2. The van der Waals surface area contributed by atoms with Crippen LogP contribution in [0.4, 0.5) is 11.6 Å². The van der Waals surface area contributed by atoms with E-state index in [0.29, 0.717) is 23.2 Å². The SMILES string of the molecule is Cc1nn(C)cc1SNC(=O)c1ccc(N2C=CC(OCC(C3CC3)C3CC3)N2)nc1N1CC(C)CC1(C)C. The molecule has 2 unspecified atom stereocenters. The Balaban J connectivity index is 1.18. The van der Waals surface area contributed by atoms with Gasteiger partial charge >= 0.3 is 0 Å². The highest BCUT2D eigenvalue weighted by Crippen LogP contribution is 2.49. The van der Waals surface area contributed by atoms with E-state index >= 15 is 0 Å². The summed E-state index contributed by atoms with van der Waals surface area (Å²) in [4.78, 5) is 21.8. The van der Waals surface area contributed by atoms with Crippen LogP contribution in [-0.2, 0) is 11.8 Å². The van der Waals surface area contributed by atoms with Crippen LogP contribution >= 0.6 is 11.9 Å². The molecule has 0 bridgehead atoms. The van der Waals surface area contributed by atoms with Crippen molar-refractivity contribution in [3.05, 3.63) is 41.9 Å². The average Bonchev–Trinajstić information content (AvgIpc) is 3.81. The van der Waals surface area contributed by atoms with Gasteiger partial charge in [0.2, 0.25) is 0 Å². The van der Waals surface area contributed by atoms with Gasteiger partial charge in [0.15, 0.2) is 0 Å². The summed E-state index contributed by atoms with van der Waals surface area (Å²) < 4.78 is 11.1. The largest absolute Gasteiger partial charge is 0.358 e. The Bertz CT molecular complexity index is 1240. The van der Waals surface area contributed by atoms with Crippen molar-refractivity contribution in [2.24, 2.45) is 30.7 Å². The number of amides is 1. The molecule has 10 heteroatoms. The number of nitrogens with one attached hydrogen (secondary N) is 2. The predicted molar refractivity (Wildman–Crippen MR) is 154 cm³/mol. The van der Waals surface area contributed by atoms with E-state index in [1.165, 1.54) is 37.6 Å². The molecule has 2 saturated carbocycles. The molecule has 4 heterocycles. The Hall–Kier alpha value is -2.56. The first-order chi connectivity index (χ1) is 18.7. The number of hydrogen-bond acceptors (Lipinski definition) is 8. The number of aryl methyl sites for hydroxylation is 2. The molecule has 2 N–H and O–H groups in total. The number of pyridine rings is 1. The van der Waals surface area contributed by atoms with Crippen molar-refractivity contribution in [1.82, 2.24) is 24.9 Å². The summed E-state index contributed by atoms with van der Waals surface area (Å²) in [6.45, 7) is 10.3. The molecule has 2 aromatic heterocycles. The van der Waals surface area contributed by atoms with E-state index in [4.69, 9.17) is 9.72 Å². The number of aromatic nitrogens is 3. The maximum absolute atomic E-state index is 13.5. The Labute approximate surface area is 235 Å². The molecule has 4 aliphatic rings. The van der Waals surface area contributed by atoms with Crippen LogP contribution in [0.3, 0.4) is 0 Å². The second-order valence-corrected chi connectivity index (χ2v) is 13.3. The van der Waals surface area contributed by atoms with E-state index in [9.17, 15) is 4.79 Å². The van der Waals surface area contributed by atoms with Crippen LogP contribution in [-0.4, -0.2) is 45.6 Å². The summed E-state index contributed by atoms with van der Waals surface area (Å²) in [5.41, 5.74) is 4.79. The fourth-order valence-corrected chi connectivity index (χ4v) is 7.00. The summed E-state index contributed by atoms with van der Waals surface area (Å²) in [5, 5.41) is 6.29. The molecule has 2 atom stereocenters. The smallest absolute Gasteiger partial charge is 0.265 e. The standard InChI is InChI=1S/C29H41N7O2S/c1-18-14-29(3,4)35(15-18)27-22(28(37)33-39-24-16-34(5)31-19(24)2)10-11-25(30-27)36-13-12-26(32-36)38-17-23(20-6-7-20)21-8-9-21/h10-13,16,18,20-21,23,26,32H,6-9,14-15,17H2,1-5H3,(H,33,37). The highest BCUT2D eigenvalue weighted by Gasteiger charge is 2.42. The van der Waals surface area contributed by atoms with Gasteiger partial charge in [-0.1, -0.05) is 6.92 Å². The van der Waals surface area contributed by atoms with Crippen LogP contribution in [0.2, 0.25) is 0 Å². The number of ether oxygens (including phenoxy) is 1. The summed E-state index contributed by atoms with van der Waals surface area (Å²) in [6.07, 6.45) is 12.3. The zero-order chi connectivity index (χ0) is 27.3.